The summed E-state index contributed by atoms with van der Waals surface area (Å²) in [6, 6.07) is 7.14. The zero-order valence-electron chi connectivity index (χ0n) is 11.1. The summed E-state index contributed by atoms with van der Waals surface area (Å²) in [6.45, 7) is 4.30. The Labute approximate surface area is 108 Å². The second-order valence-corrected chi connectivity index (χ2v) is 3.99. The molecule has 4 heteroatoms. The quantitative estimate of drug-likeness (QED) is 0.789. The van der Waals surface area contributed by atoms with Crippen LogP contribution in [0.25, 0.3) is 0 Å². The topological polar surface area (TPSA) is 55.8 Å². The molecule has 0 radical (unpaired) electrons. The lowest BCUT2D eigenvalue weighted by atomic mass is 9.93. The Kier molecular flexibility index (Phi) is 5.65. The largest absolute Gasteiger partial charge is 0.494 e. The van der Waals surface area contributed by atoms with E-state index in [0.717, 1.165) is 0 Å². The number of aliphatic hydroxyl groups is 1. The van der Waals surface area contributed by atoms with E-state index >= 15 is 0 Å². The molecule has 0 heterocycles. The Balaban J connectivity index is 2.90. The van der Waals surface area contributed by atoms with E-state index in [1.807, 2.05) is 19.9 Å². The molecule has 1 N–H and O–H groups in total. The van der Waals surface area contributed by atoms with Crippen LogP contribution in [0, 0.1) is 5.92 Å². The summed E-state index contributed by atoms with van der Waals surface area (Å²) in [5.41, 5.74) is 0.665. The maximum Gasteiger partial charge on any atom is 0.311 e. The van der Waals surface area contributed by atoms with E-state index in [0.29, 0.717) is 24.3 Å². The van der Waals surface area contributed by atoms with Gasteiger partial charge in [-0.1, -0.05) is 19.1 Å². The van der Waals surface area contributed by atoms with E-state index in [2.05, 4.69) is 0 Å². The van der Waals surface area contributed by atoms with Gasteiger partial charge in [-0.25, -0.2) is 0 Å². The van der Waals surface area contributed by atoms with Gasteiger partial charge in [-0.15, -0.1) is 0 Å². The Morgan fingerprint density at radius 2 is 2.11 bits per heavy atom. The van der Waals surface area contributed by atoms with Gasteiger partial charge in [0.25, 0.3) is 0 Å². The zero-order chi connectivity index (χ0) is 13.5. The average Bonchev–Trinajstić information content (AvgIpc) is 2.40. The van der Waals surface area contributed by atoms with Crippen molar-refractivity contribution in [1.29, 1.82) is 0 Å². The third-order valence-electron chi connectivity index (χ3n) is 2.84. The molecule has 18 heavy (non-hydrogen) atoms. The number of hydrogen-bond acceptors (Lipinski definition) is 4. The highest BCUT2D eigenvalue weighted by Crippen LogP contribution is 2.28. The number of carbonyl (C=O) groups excluding carboxylic acids is 1. The molecular formula is C14H20O4. The number of rotatable bonds is 6. The van der Waals surface area contributed by atoms with Crippen molar-refractivity contribution in [1.82, 2.24) is 0 Å². The molecule has 0 fully saturated rings. The van der Waals surface area contributed by atoms with Crippen molar-refractivity contribution in [2.24, 2.45) is 5.92 Å². The van der Waals surface area contributed by atoms with Crippen LogP contribution in [0.4, 0.5) is 0 Å². The van der Waals surface area contributed by atoms with Crippen LogP contribution in [0.15, 0.2) is 24.3 Å². The van der Waals surface area contributed by atoms with Crippen molar-refractivity contribution in [3.8, 4) is 5.75 Å². The molecule has 4 nitrogen and oxygen atoms in total. The first-order valence-electron chi connectivity index (χ1n) is 6.12. The lowest BCUT2D eigenvalue weighted by Crippen LogP contribution is -2.23. The van der Waals surface area contributed by atoms with Crippen molar-refractivity contribution in [3.05, 3.63) is 29.8 Å². The first kappa shape index (κ1) is 14.5. The summed E-state index contributed by atoms with van der Waals surface area (Å²) in [7, 11) is 1.33. The van der Waals surface area contributed by atoms with E-state index in [4.69, 9.17) is 9.47 Å². The van der Waals surface area contributed by atoms with E-state index in [9.17, 15) is 9.90 Å². The number of hydrogen-bond donors (Lipinski definition) is 1. The normalized spacial score (nSPS) is 13.8. The zero-order valence-corrected chi connectivity index (χ0v) is 11.1. The van der Waals surface area contributed by atoms with E-state index in [-0.39, 0.29) is 0 Å². The van der Waals surface area contributed by atoms with Crippen molar-refractivity contribution in [2.75, 3.05) is 13.7 Å². The van der Waals surface area contributed by atoms with Gasteiger partial charge in [0, 0.05) is 0 Å². The van der Waals surface area contributed by atoms with Crippen LogP contribution in [-0.4, -0.2) is 24.8 Å². The SMILES string of the molecule is CCOc1cccc(C(O)C(CC)C(=O)OC)c1. The van der Waals surface area contributed by atoms with Crippen LogP contribution >= 0.6 is 0 Å². The summed E-state index contributed by atoms with van der Waals surface area (Å²) in [6.07, 6.45) is -0.352. The first-order valence-corrected chi connectivity index (χ1v) is 6.12. The smallest absolute Gasteiger partial charge is 0.311 e. The fourth-order valence-corrected chi connectivity index (χ4v) is 1.86. The lowest BCUT2D eigenvalue weighted by molar-refractivity contribution is -0.149. The fourth-order valence-electron chi connectivity index (χ4n) is 1.86. The molecule has 0 aromatic heterocycles. The predicted molar refractivity (Wildman–Crippen MR) is 68.4 cm³/mol. The summed E-state index contributed by atoms with van der Waals surface area (Å²) in [5.74, 6) is -0.257. The highest BCUT2D eigenvalue weighted by molar-refractivity contribution is 5.73. The molecule has 0 aliphatic heterocycles. The lowest BCUT2D eigenvalue weighted by Gasteiger charge is -2.20. The molecule has 0 spiro atoms. The molecule has 1 aromatic carbocycles. The molecule has 0 saturated heterocycles. The highest BCUT2D eigenvalue weighted by Gasteiger charge is 2.27. The maximum atomic E-state index is 11.6. The fraction of sp³-hybridized carbons (Fsp3) is 0.500. The summed E-state index contributed by atoms with van der Waals surface area (Å²) in [4.78, 5) is 11.6. The molecule has 0 aliphatic rings. The molecule has 0 saturated carbocycles. The van der Waals surface area contributed by atoms with Gasteiger partial charge >= 0.3 is 5.97 Å². The first-order chi connectivity index (χ1) is 8.63. The van der Waals surface area contributed by atoms with Gasteiger partial charge < -0.3 is 14.6 Å². The van der Waals surface area contributed by atoms with E-state index < -0.39 is 18.0 Å². The Bertz CT molecular complexity index is 389. The van der Waals surface area contributed by atoms with Gasteiger partial charge in [-0.2, -0.15) is 0 Å². The molecular weight excluding hydrogens is 232 g/mol. The highest BCUT2D eigenvalue weighted by atomic mass is 16.5. The van der Waals surface area contributed by atoms with Crippen LogP contribution in [0.5, 0.6) is 5.75 Å². The average molecular weight is 252 g/mol. The number of benzene rings is 1. The second-order valence-electron chi connectivity index (χ2n) is 3.99. The van der Waals surface area contributed by atoms with Gasteiger partial charge in [-0.3, -0.25) is 4.79 Å². The number of methoxy groups -OCH3 is 1. The molecule has 0 aliphatic carbocycles. The minimum absolute atomic E-state index is 0.396. The van der Waals surface area contributed by atoms with Gasteiger partial charge in [-0.05, 0) is 31.0 Å². The Morgan fingerprint density at radius 1 is 1.39 bits per heavy atom. The van der Waals surface area contributed by atoms with Crippen LogP contribution in [0.3, 0.4) is 0 Å². The molecule has 0 bridgehead atoms. The number of ether oxygens (including phenoxy) is 2. The summed E-state index contributed by atoms with van der Waals surface area (Å²) >= 11 is 0. The van der Waals surface area contributed by atoms with E-state index in [1.54, 1.807) is 18.2 Å². The predicted octanol–water partition coefficient (Wildman–Crippen LogP) is 2.32. The molecule has 0 amide bonds. The third kappa shape index (κ3) is 3.47. The summed E-state index contributed by atoms with van der Waals surface area (Å²) < 4.78 is 10.1. The van der Waals surface area contributed by atoms with Gasteiger partial charge in [0.1, 0.15) is 5.75 Å². The van der Waals surface area contributed by atoms with Crippen molar-refractivity contribution < 1.29 is 19.4 Å². The van der Waals surface area contributed by atoms with E-state index in [1.165, 1.54) is 7.11 Å². The molecule has 100 valence electrons. The summed E-state index contributed by atoms with van der Waals surface area (Å²) in [5, 5.41) is 10.2. The minimum Gasteiger partial charge on any atom is -0.494 e. The maximum absolute atomic E-state index is 11.6. The number of esters is 1. The van der Waals surface area contributed by atoms with Crippen LogP contribution in [0.2, 0.25) is 0 Å². The molecule has 2 unspecified atom stereocenters. The molecule has 2 atom stereocenters. The monoisotopic (exact) mass is 252 g/mol. The Morgan fingerprint density at radius 3 is 2.67 bits per heavy atom. The van der Waals surface area contributed by atoms with Crippen LogP contribution in [-0.2, 0) is 9.53 Å². The molecule has 1 rings (SSSR count). The standard InChI is InChI=1S/C14H20O4/c1-4-12(14(16)17-3)13(15)10-7-6-8-11(9-10)18-5-2/h6-9,12-13,15H,4-5H2,1-3H3. The Hall–Kier alpha value is -1.55. The molecule has 1 aromatic rings. The number of aliphatic hydroxyl groups excluding tert-OH is 1. The second kappa shape index (κ2) is 7.01. The van der Waals surface area contributed by atoms with Gasteiger partial charge in [0.2, 0.25) is 0 Å². The number of carbonyl (C=O) groups is 1. The van der Waals surface area contributed by atoms with Gasteiger partial charge in [0.05, 0.1) is 25.7 Å². The third-order valence-corrected chi connectivity index (χ3v) is 2.84. The van der Waals surface area contributed by atoms with Crippen molar-refractivity contribution in [2.45, 2.75) is 26.4 Å². The minimum atomic E-state index is -0.872. The van der Waals surface area contributed by atoms with Gasteiger partial charge in [0.15, 0.2) is 0 Å². The van der Waals surface area contributed by atoms with Crippen molar-refractivity contribution in [3.63, 3.8) is 0 Å². The van der Waals surface area contributed by atoms with Crippen molar-refractivity contribution >= 4 is 5.97 Å². The van der Waals surface area contributed by atoms with Crippen LogP contribution in [0.1, 0.15) is 31.9 Å². The van der Waals surface area contributed by atoms with Crippen LogP contribution < -0.4 is 4.74 Å².